The molecule has 0 amide bonds. The van der Waals surface area contributed by atoms with Crippen LogP contribution in [0.1, 0.15) is 38.2 Å². The smallest absolute Gasteiger partial charge is 0.0803 e. The second kappa shape index (κ2) is 7.49. The number of rotatable bonds is 7. The molecule has 1 rings (SSSR count). The van der Waals surface area contributed by atoms with Crippen LogP contribution < -0.4 is 0 Å². The highest BCUT2D eigenvalue weighted by atomic mass is 32.2. The van der Waals surface area contributed by atoms with Gasteiger partial charge in [-0.25, -0.2) is 4.21 Å². The van der Waals surface area contributed by atoms with Crippen LogP contribution in [-0.4, -0.2) is 15.4 Å². The first-order chi connectivity index (χ1) is 8.54. The number of benzene rings is 1. The molecule has 0 aliphatic rings. The molecule has 3 heteroatoms. The molecule has 0 aromatic heterocycles. The van der Waals surface area contributed by atoms with Crippen molar-refractivity contribution in [2.45, 2.75) is 50.5 Å². The zero-order valence-electron chi connectivity index (χ0n) is 11.2. The summed E-state index contributed by atoms with van der Waals surface area (Å²) in [5, 5.41) is 9.80. The van der Waals surface area contributed by atoms with Crippen molar-refractivity contribution in [3.05, 3.63) is 41.3 Å². The Bertz CT molecular complexity index is 409. The van der Waals surface area contributed by atoms with Gasteiger partial charge in [-0.3, -0.25) is 0 Å². The van der Waals surface area contributed by atoms with E-state index in [1.165, 1.54) is 0 Å². The predicted octanol–water partition coefficient (Wildman–Crippen LogP) is 3.56. The highest BCUT2D eigenvalue weighted by Crippen LogP contribution is 2.19. The van der Waals surface area contributed by atoms with Crippen LogP contribution >= 0.6 is 0 Å². The van der Waals surface area contributed by atoms with Crippen LogP contribution in [0.2, 0.25) is 0 Å². The number of aliphatic hydroxyl groups excluding tert-OH is 1. The van der Waals surface area contributed by atoms with Gasteiger partial charge in [0.25, 0.3) is 0 Å². The standard InChI is InChI=1S/C15H22O2S/c1-4-5-6-14(16)11-13(3)18(17)15-9-7-12(2)8-10-15/h7-10,14,16H,3-6,11H2,1-2H3/t14-,18?/m0/s1. The van der Waals surface area contributed by atoms with E-state index in [9.17, 15) is 9.32 Å². The largest absolute Gasteiger partial charge is 0.393 e. The SMILES string of the molecule is C=C(C[C@@H](O)CCCC)S(=O)c1ccc(C)cc1. The molecule has 0 saturated heterocycles. The summed E-state index contributed by atoms with van der Waals surface area (Å²) in [7, 11) is -1.22. The molecule has 2 nitrogen and oxygen atoms in total. The van der Waals surface area contributed by atoms with Crippen molar-refractivity contribution in [2.24, 2.45) is 0 Å². The molecule has 1 unspecified atom stereocenters. The van der Waals surface area contributed by atoms with Gasteiger partial charge < -0.3 is 5.11 Å². The number of hydrogen-bond donors (Lipinski definition) is 1. The lowest BCUT2D eigenvalue weighted by Gasteiger charge is -2.12. The van der Waals surface area contributed by atoms with Gasteiger partial charge in [-0.05, 0) is 25.5 Å². The van der Waals surface area contributed by atoms with Crippen molar-refractivity contribution in [1.29, 1.82) is 0 Å². The van der Waals surface area contributed by atoms with E-state index in [0.29, 0.717) is 11.3 Å². The van der Waals surface area contributed by atoms with Crippen LogP contribution in [-0.2, 0) is 10.8 Å². The van der Waals surface area contributed by atoms with E-state index in [1.807, 2.05) is 31.2 Å². The van der Waals surface area contributed by atoms with Gasteiger partial charge in [-0.15, -0.1) is 0 Å². The lowest BCUT2D eigenvalue weighted by molar-refractivity contribution is 0.163. The number of unbranched alkanes of at least 4 members (excludes halogenated alkanes) is 1. The molecule has 0 fully saturated rings. The van der Waals surface area contributed by atoms with Gasteiger partial charge >= 0.3 is 0 Å². The lowest BCUT2D eigenvalue weighted by atomic mass is 10.1. The summed E-state index contributed by atoms with van der Waals surface area (Å²) in [5.41, 5.74) is 1.14. The van der Waals surface area contributed by atoms with Crippen LogP contribution in [0.5, 0.6) is 0 Å². The lowest BCUT2D eigenvalue weighted by Crippen LogP contribution is -2.09. The molecule has 0 radical (unpaired) electrons. The fraction of sp³-hybridized carbons (Fsp3) is 0.467. The molecule has 1 aromatic rings. The third kappa shape index (κ3) is 4.75. The molecular formula is C15H22O2S. The second-order valence-corrected chi connectivity index (χ2v) is 6.21. The molecule has 18 heavy (non-hydrogen) atoms. The average Bonchev–Trinajstić information content (AvgIpc) is 2.36. The second-order valence-electron chi connectivity index (χ2n) is 4.62. The average molecular weight is 266 g/mol. The van der Waals surface area contributed by atoms with Crippen LogP contribution in [0, 0.1) is 6.92 Å². The van der Waals surface area contributed by atoms with E-state index in [4.69, 9.17) is 0 Å². The minimum absolute atomic E-state index is 0.417. The molecule has 0 spiro atoms. The Hall–Kier alpha value is -0.930. The van der Waals surface area contributed by atoms with Gasteiger partial charge in [0.05, 0.1) is 16.9 Å². The molecule has 0 aliphatic carbocycles. The minimum atomic E-state index is -1.22. The summed E-state index contributed by atoms with van der Waals surface area (Å²) in [6.07, 6.45) is 2.80. The maximum atomic E-state index is 12.2. The Balaban J connectivity index is 2.56. The van der Waals surface area contributed by atoms with Crippen LogP contribution in [0.15, 0.2) is 40.6 Å². The molecule has 100 valence electrons. The monoisotopic (exact) mass is 266 g/mol. The Kier molecular flexibility index (Phi) is 6.30. The molecule has 1 N–H and O–H groups in total. The molecule has 0 bridgehead atoms. The van der Waals surface area contributed by atoms with Crippen molar-refractivity contribution in [3.8, 4) is 0 Å². The first kappa shape index (κ1) is 15.1. The van der Waals surface area contributed by atoms with Gasteiger partial charge in [-0.1, -0.05) is 44.0 Å². The van der Waals surface area contributed by atoms with Crippen molar-refractivity contribution < 1.29 is 9.32 Å². The Labute approximate surface area is 112 Å². The maximum absolute atomic E-state index is 12.2. The quantitative estimate of drug-likeness (QED) is 0.819. The van der Waals surface area contributed by atoms with Gasteiger partial charge in [0, 0.05) is 16.2 Å². The van der Waals surface area contributed by atoms with Gasteiger partial charge in [-0.2, -0.15) is 0 Å². The fourth-order valence-electron chi connectivity index (χ4n) is 1.71. The van der Waals surface area contributed by atoms with Crippen LogP contribution in [0.4, 0.5) is 0 Å². The first-order valence-corrected chi connectivity index (χ1v) is 7.54. The van der Waals surface area contributed by atoms with Crippen molar-refractivity contribution in [3.63, 3.8) is 0 Å². The van der Waals surface area contributed by atoms with E-state index in [1.54, 1.807) is 0 Å². The topological polar surface area (TPSA) is 37.3 Å². The van der Waals surface area contributed by atoms with Crippen LogP contribution in [0.3, 0.4) is 0 Å². The molecule has 2 atom stereocenters. The zero-order valence-corrected chi connectivity index (χ0v) is 12.0. The van der Waals surface area contributed by atoms with E-state index in [2.05, 4.69) is 13.5 Å². The summed E-state index contributed by atoms with van der Waals surface area (Å²) < 4.78 is 12.2. The zero-order chi connectivity index (χ0) is 13.5. The Morgan fingerprint density at radius 3 is 2.56 bits per heavy atom. The summed E-state index contributed by atoms with van der Waals surface area (Å²) in [6.45, 7) is 7.93. The van der Waals surface area contributed by atoms with Crippen molar-refractivity contribution in [1.82, 2.24) is 0 Å². The van der Waals surface area contributed by atoms with Gasteiger partial charge in [0.2, 0.25) is 0 Å². The van der Waals surface area contributed by atoms with Gasteiger partial charge in [0.15, 0.2) is 0 Å². The predicted molar refractivity (Wildman–Crippen MR) is 76.9 cm³/mol. The summed E-state index contributed by atoms with van der Waals surface area (Å²) in [4.78, 5) is 1.36. The molecule has 0 saturated carbocycles. The highest BCUT2D eigenvalue weighted by Gasteiger charge is 2.12. The summed E-state index contributed by atoms with van der Waals surface area (Å²) in [5.74, 6) is 0. The summed E-state index contributed by atoms with van der Waals surface area (Å²) in [6, 6.07) is 7.59. The fourth-order valence-corrected chi connectivity index (χ4v) is 2.77. The minimum Gasteiger partial charge on any atom is -0.393 e. The normalized spacial score (nSPS) is 14.2. The third-order valence-corrected chi connectivity index (χ3v) is 4.24. The number of hydrogen-bond acceptors (Lipinski definition) is 2. The molecule has 1 aromatic carbocycles. The Morgan fingerprint density at radius 2 is 2.00 bits per heavy atom. The maximum Gasteiger partial charge on any atom is 0.0803 e. The van der Waals surface area contributed by atoms with Crippen molar-refractivity contribution >= 4 is 10.8 Å². The first-order valence-electron chi connectivity index (χ1n) is 6.39. The van der Waals surface area contributed by atoms with E-state index in [-0.39, 0.29) is 0 Å². The molecule has 0 heterocycles. The van der Waals surface area contributed by atoms with Crippen LogP contribution in [0.25, 0.3) is 0 Å². The molecule has 0 aliphatic heterocycles. The van der Waals surface area contributed by atoms with Gasteiger partial charge in [0.1, 0.15) is 0 Å². The molecular weight excluding hydrogens is 244 g/mol. The Morgan fingerprint density at radius 1 is 1.39 bits per heavy atom. The van der Waals surface area contributed by atoms with E-state index in [0.717, 1.165) is 29.7 Å². The summed E-state index contributed by atoms with van der Waals surface area (Å²) >= 11 is 0. The van der Waals surface area contributed by atoms with E-state index >= 15 is 0 Å². The third-order valence-electron chi connectivity index (χ3n) is 2.85. The number of aryl methyl sites for hydroxylation is 1. The number of aliphatic hydroxyl groups is 1. The van der Waals surface area contributed by atoms with Crippen molar-refractivity contribution in [2.75, 3.05) is 0 Å². The highest BCUT2D eigenvalue weighted by molar-refractivity contribution is 7.89. The van der Waals surface area contributed by atoms with E-state index < -0.39 is 16.9 Å².